The fraction of sp³-hybridized carbons (Fsp3) is 0.667. The van der Waals surface area contributed by atoms with Crippen molar-refractivity contribution in [3.05, 3.63) is 35.9 Å². The minimum Gasteiger partial charge on any atom is -0.459 e. The molecule has 11 heteroatoms. The highest BCUT2D eigenvalue weighted by atomic mass is 16.5. The van der Waals surface area contributed by atoms with E-state index in [1.807, 2.05) is 65.0 Å². The van der Waals surface area contributed by atoms with E-state index in [0.717, 1.165) is 18.4 Å². The molecule has 3 aliphatic rings. The molecule has 1 aliphatic heterocycles. The molecule has 11 nitrogen and oxygen atoms in total. The number of hydrogen-bond acceptors (Lipinski definition) is 7. The fourth-order valence-electron chi connectivity index (χ4n) is 7.10. The normalized spacial score (nSPS) is 23.8. The highest BCUT2D eigenvalue weighted by molar-refractivity contribution is 6.36. The van der Waals surface area contributed by atoms with Crippen LogP contribution in [0.2, 0.25) is 0 Å². The number of ether oxygens (including phenoxy) is 1. The number of primary amides is 1. The van der Waals surface area contributed by atoms with Gasteiger partial charge in [0.2, 0.25) is 11.7 Å². The highest BCUT2D eigenvalue weighted by Crippen LogP contribution is 2.65. The number of carbonyl (C=O) groups is 6. The fourth-order valence-corrected chi connectivity index (χ4v) is 7.10. The first-order valence-corrected chi connectivity index (χ1v) is 16.9. The van der Waals surface area contributed by atoms with Crippen LogP contribution in [-0.4, -0.2) is 65.0 Å². The molecule has 0 radical (unpaired) electrons. The molecule has 2 aliphatic carbocycles. The van der Waals surface area contributed by atoms with Crippen molar-refractivity contribution < 1.29 is 33.5 Å². The number of amides is 4. The lowest BCUT2D eigenvalue weighted by atomic mass is 9.84. The number of benzene rings is 1. The number of urea groups is 1. The van der Waals surface area contributed by atoms with Gasteiger partial charge in [0.25, 0.3) is 5.91 Å². The summed E-state index contributed by atoms with van der Waals surface area (Å²) in [6.07, 6.45) is 2.78. The van der Waals surface area contributed by atoms with E-state index < -0.39 is 59.1 Å². The van der Waals surface area contributed by atoms with Gasteiger partial charge in [-0.1, -0.05) is 98.1 Å². The molecule has 4 rings (SSSR count). The lowest BCUT2D eigenvalue weighted by Gasteiger charge is -2.38. The minimum absolute atomic E-state index is 0.0641. The zero-order chi connectivity index (χ0) is 34.8. The zero-order valence-electron chi connectivity index (χ0n) is 28.8. The third-order valence-corrected chi connectivity index (χ3v) is 10.6. The monoisotopic (exact) mass is 652 g/mol. The van der Waals surface area contributed by atoms with E-state index in [9.17, 15) is 28.8 Å². The van der Waals surface area contributed by atoms with Gasteiger partial charge in [-0.15, -0.1) is 0 Å². The molecular formula is C36H52N4O7. The Labute approximate surface area is 278 Å². The van der Waals surface area contributed by atoms with E-state index in [-0.39, 0.29) is 42.0 Å². The molecule has 7 atom stereocenters. The van der Waals surface area contributed by atoms with Gasteiger partial charge < -0.3 is 26.0 Å². The van der Waals surface area contributed by atoms with Gasteiger partial charge in [-0.2, -0.15) is 0 Å². The molecule has 1 aromatic rings. The van der Waals surface area contributed by atoms with Crippen LogP contribution in [0.4, 0.5) is 4.79 Å². The summed E-state index contributed by atoms with van der Waals surface area (Å²) in [4.78, 5) is 80.9. The maximum Gasteiger partial charge on any atom is 0.329 e. The third-order valence-electron chi connectivity index (χ3n) is 10.6. The number of nitrogens with zero attached hydrogens (tertiary/aromatic N) is 1. The molecule has 258 valence electrons. The van der Waals surface area contributed by atoms with Crippen LogP contribution in [-0.2, 0) is 35.3 Å². The quantitative estimate of drug-likeness (QED) is 0.192. The van der Waals surface area contributed by atoms with Crippen LogP contribution < -0.4 is 16.4 Å². The number of piperidine rings is 1. The molecule has 1 heterocycles. The number of ketones is 2. The van der Waals surface area contributed by atoms with E-state index in [1.54, 1.807) is 4.90 Å². The van der Waals surface area contributed by atoms with Gasteiger partial charge in [-0.3, -0.25) is 19.2 Å². The second-order valence-corrected chi connectivity index (χ2v) is 15.5. The van der Waals surface area contributed by atoms with E-state index in [4.69, 9.17) is 10.5 Å². The number of likely N-dealkylation sites (tertiary alicyclic amines) is 1. The average molecular weight is 653 g/mol. The number of hydrogen-bond donors (Lipinski definition) is 3. The van der Waals surface area contributed by atoms with Crippen molar-refractivity contribution in [1.29, 1.82) is 0 Å². The third kappa shape index (κ3) is 8.40. The first kappa shape index (κ1) is 36.1. The summed E-state index contributed by atoms with van der Waals surface area (Å²) in [5, 5.41) is 5.56. The van der Waals surface area contributed by atoms with Crippen molar-refractivity contribution in [2.45, 2.75) is 105 Å². The number of esters is 1. The van der Waals surface area contributed by atoms with Crippen molar-refractivity contribution in [3.63, 3.8) is 0 Å². The molecule has 2 saturated carbocycles. The summed E-state index contributed by atoms with van der Waals surface area (Å²) >= 11 is 0. The predicted molar refractivity (Wildman–Crippen MR) is 175 cm³/mol. The second-order valence-electron chi connectivity index (χ2n) is 15.5. The lowest BCUT2D eigenvalue weighted by Crippen LogP contribution is -2.61. The summed E-state index contributed by atoms with van der Waals surface area (Å²) in [6.45, 7) is 13.8. The van der Waals surface area contributed by atoms with E-state index in [2.05, 4.69) is 24.5 Å². The molecule has 47 heavy (non-hydrogen) atoms. The molecular weight excluding hydrogens is 600 g/mol. The lowest BCUT2D eigenvalue weighted by molar-refractivity contribution is -0.148. The number of nitrogens with two attached hydrogens (primary N) is 1. The number of fused-ring (bicyclic) bond motifs is 1. The zero-order valence-corrected chi connectivity index (χ0v) is 28.8. The molecule has 0 bridgehead atoms. The Kier molecular flexibility index (Phi) is 10.9. The van der Waals surface area contributed by atoms with Crippen LogP contribution >= 0.6 is 0 Å². The standard InChI is InChI=1S/C36H52N4O7/c1-8-20(2)27(33(45)47-19-22-12-10-9-11-13-22)38-34(46)39-30(35(3,4)5)32(44)40-18-24-26(36(24,6)7)28(40)25(41)17-23(16-21-14-15-21)29(42)31(37)43/h9-13,20-21,23-24,26-28,30H,8,14-19H2,1-7H3,(H2,37,43)(H2,38,39,46)/t20-,23?,24+,26+,27+,28-,30-/m1/s1. The van der Waals surface area contributed by atoms with Crippen molar-refractivity contribution in [1.82, 2.24) is 15.5 Å². The maximum atomic E-state index is 14.3. The molecule has 4 amide bonds. The van der Waals surface area contributed by atoms with Gasteiger partial charge >= 0.3 is 12.0 Å². The molecule has 3 fully saturated rings. The van der Waals surface area contributed by atoms with Gasteiger partial charge in [0.15, 0.2) is 5.78 Å². The Hall–Kier alpha value is -3.76. The molecule has 1 aromatic carbocycles. The number of nitrogens with one attached hydrogen (secondary N) is 2. The SMILES string of the molecule is CC[C@@H](C)[C@H](NC(=O)N[C@H](C(=O)N1C[C@H]2[C@@H]([C@H]1C(=O)CC(CC1CC1)C(=O)C(N)=O)C2(C)C)C(C)(C)C)C(=O)OCc1ccccc1. The average Bonchev–Trinajstić information content (AvgIpc) is 3.87. The Morgan fingerprint density at radius 1 is 1.04 bits per heavy atom. The summed E-state index contributed by atoms with van der Waals surface area (Å²) < 4.78 is 5.54. The van der Waals surface area contributed by atoms with Crippen LogP contribution in [0.25, 0.3) is 0 Å². The van der Waals surface area contributed by atoms with E-state index in [1.165, 1.54) is 0 Å². The minimum atomic E-state index is -1.05. The van der Waals surface area contributed by atoms with Crippen LogP contribution in [0, 0.1) is 40.4 Å². The van der Waals surface area contributed by atoms with E-state index in [0.29, 0.717) is 25.3 Å². The van der Waals surface area contributed by atoms with Gasteiger partial charge in [0.1, 0.15) is 18.7 Å². The predicted octanol–water partition coefficient (Wildman–Crippen LogP) is 3.77. The molecule has 1 unspecified atom stereocenters. The number of rotatable bonds is 15. The highest BCUT2D eigenvalue weighted by Gasteiger charge is 2.69. The summed E-state index contributed by atoms with van der Waals surface area (Å²) in [5.41, 5.74) is 5.24. The van der Waals surface area contributed by atoms with Gasteiger partial charge in [-0.25, -0.2) is 9.59 Å². The molecule has 0 aromatic heterocycles. The smallest absolute Gasteiger partial charge is 0.329 e. The first-order valence-electron chi connectivity index (χ1n) is 16.9. The number of Topliss-reactive ketones (excluding diaryl/α,β-unsaturated/α-hetero) is 2. The summed E-state index contributed by atoms with van der Waals surface area (Å²) in [6, 6.07) is 5.82. The van der Waals surface area contributed by atoms with Crippen LogP contribution in [0.1, 0.15) is 86.1 Å². The van der Waals surface area contributed by atoms with Gasteiger partial charge in [-0.05, 0) is 46.5 Å². The van der Waals surface area contributed by atoms with Crippen molar-refractivity contribution >= 4 is 35.4 Å². The first-order chi connectivity index (χ1) is 22.0. The largest absolute Gasteiger partial charge is 0.459 e. The summed E-state index contributed by atoms with van der Waals surface area (Å²) in [5.74, 6) is -3.76. The van der Waals surface area contributed by atoms with E-state index >= 15 is 0 Å². The van der Waals surface area contributed by atoms with Crippen molar-refractivity contribution in [2.75, 3.05) is 6.54 Å². The van der Waals surface area contributed by atoms with Crippen molar-refractivity contribution in [3.8, 4) is 0 Å². The van der Waals surface area contributed by atoms with Gasteiger partial charge in [0.05, 0.1) is 6.04 Å². The van der Waals surface area contributed by atoms with Crippen LogP contribution in [0.3, 0.4) is 0 Å². The topological polar surface area (TPSA) is 165 Å². The van der Waals surface area contributed by atoms with Crippen LogP contribution in [0.15, 0.2) is 30.3 Å². The summed E-state index contributed by atoms with van der Waals surface area (Å²) in [7, 11) is 0. The van der Waals surface area contributed by atoms with Gasteiger partial charge in [0, 0.05) is 18.9 Å². The maximum absolute atomic E-state index is 14.3. The molecule has 1 saturated heterocycles. The number of carbonyl (C=O) groups excluding carboxylic acids is 6. The Morgan fingerprint density at radius 2 is 1.68 bits per heavy atom. The van der Waals surface area contributed by atoms with Crippen molar-refractivity contribution in [2.24, 2.45) is 46.2 Å². The molecule has 0 spiro atoms. The Bertz CT molecular complexity index is 1370. The van der Waals surface area contributed by atoms with Crippen LogP contribution in [0.5, 0.6) is 0 Å². The Morgan fingerprint density at radius 3 is 2.23 bits per heavy atom. The second kappa shape index (κ2) is 14.2. The Balaban J connectivity index is 1.49. The molecule has 4 N–H and O–H groups in total.